The smallest absolute Gasteiger partial charge is 0.311 e. The number of unbranched alkanes of at least 4 members (excludes halogenated alkanes) is 4. The molecule has 2 aromatic carbocycles. The maximum absolute atomic E-state index is 14.8. The molecule has 1 N–H and O–H groups in total. The number of amides is 2. The van der Waals surface area contributed by atoms with E-state index in [9.17, 15) is 19.5 Å². The predicted molar refractivity (Wildman–Crippen MR) is 173 cm³/mol. The van der Waals surface area contributed by atoms with Crippen LogP contribution in [-0.4, -0.2) is 69.6 Å². The highest BCUT2D eigenvalue weighted by molar-refractivity contribution is 8.02. The van der Waals surface area contributed by atoms with Crippen molar-refractivity contribution >= 4 is 46.0 Å². The minimum absolute atomic E-state index is 0.110. The number of hydrogen-bond donors (Lipinski definition) is 1. The fourth-order valence-electron chi connectivity index (χ4n) is 7.48. The van der Waals surface area contributed by atoms with Crippen LogP contribution in [0.2, 0.25) is 0 Å². The van der Waals surface area contributed by atoms with Crippen LogP contribution in [0.5, 0.6) is 0 Å². The zero-order valence-corrected chi connectivity index (χ0v) is 26.0. The van der Waals surface area contributed by atoms with Crippen molar-refractivity contribution in [3.8, 4) is 0 Å². The molecule has 1 spiro atoms. The molecule has 3 fully saturated rings. The van der Waals surface area contributed by atoms with Gasteiger partial charge in [0.15, 0.2) is 0 Å². The van der Waals surface area contributed by atoms with Gasteiger partial charge in [0.05, 0.1) is 23.2 Å². The number of anilines is 1. The lowest BCUT2D eigenvalue weighted by molar-refractivity contribution is -0.155. The van der Waals surface area contributed by atoms with E-state index in [1.807, 2.05) is 42.5 Å². The Morgan fingerprint density at radius 2 is 1.84 bits per heavy atom. The van der Waals surface area contributed by atoms with Crippen molar-refractivity contribution in [3.05, 3.63) is 67.8 Å². The number of hydrogen-bond acceptors (Lipinski definition) is 6. The number of fused-ring (bicyclic) bond motifs is 2. The molecule has 230 valence electrons. The van der Waals surface area contributed by atoms with Crippen molar-refractivity contribution in [2.45, 2.75) is 73.8 Å². The standard InChI is InChI=1S/C35H44N2O5S/c1-4-6-13-23-42-33(41)29-28-31(39)37(21-11-7-8-12-22-38)30(35(28)19-18-34(29,3)43-35)32(40)36(20-5-2)27-17-16-25-14-9-10-15-26(25)24-27/h4-5,9-10,14-17,24,28-30,38H,1-2,6-8,11-13,18-23H2,3H3/t28-,29+,30?,34-,35?/m0/s1. The first-order chi connectivity index (χ1) is 20.8. The van der Waals surface area contributed by atoms with Crippen molar-refractivity contribution in [3.63, 3.8) is 0 Å². The molecule has 2 bridgehead atoms. The number of nitrogens with zero attached hydrogens (tertiary/aromatic N) is 2. The Bertz CT molecular complexity index is 1380. The Balaban J connectivity index is 1.50. The van der Waals surface area contributed by atoms with Crippen LogP contribution in [0.15, 0.2) is 67.8 Å². The number of benzene rings is 2. The quantitative estimate of drug-likeness (QED) is 0.155. The number of carbonyl (C=O) groups is 3. The molecule has 0 radical (unpaired) electrons. The lowest BCUT2D eigenvalue weighted by Gasteiger charge is -2.37. The molecular weight excluding hydrogens is 560 g/mol. The van der Waals surface area contributed by atoms with Crippen LogP contribution < -0.4 is 4.90 Å². The summed E-state index contributed by atoms with van der Waals surface area (Å²) in [6, 6.07) is 13.3. The van der Waals surface area contributed by atoms with E-state index in [1.165, 1.54) is 0 Å². The lowest BCUT2D eigenvalue weighted by Crippen LogP contribution is -2.55. The summed E-state index contributed by atoms with van der Waals surface area (Å²) in [7, 11) is 0. The highest BCUT2D eigenvalue weighted by Gasteiger charge is 2.77. The van der Waals surface area contributed by atoms with E-state index >= 15 is 0 Å². The van der Waals surface area contributed by atoms with E-state index < -0.39 is 27.4 Å². The number of thioether (sulfide) groups is 1. The summed E-state index contributed by atoms with van der Waals surface area (Å²) < 4.78 is 4.58. The van der Waals surface area contributed by atoms with Crippen molar-refractivity contribution in [2.75, 3.05) is 31.2 Å². The molecule has 0 aromatic heterocycles. The van der Waals surface area contributed by atoms with Gasteiger partial charge in [-0.2, -0.15) is 0 Å². The molecule has 3 heterocycles. The minimum atomic E-state index is -0.699. The maximum Gasteiger partial charge on any atom is 0.311 e. The highest BCUT2D eigenvalue weighted by Crippen LogP contribution is 2.71. The van der Waals surface area contributed by atoms with Crippen LogP contribution >= 0.6 is 11.8 Å². The Morgan fingerprint density at radius 1 is 1.07 bits per heavy atom. The summed E-state index contributed by atoms with van der Waals surface area (Å²) in [5.41, 5.74) is 0.765. The molecule has 43 heavy (non-hydrogen) atoms. The SMILES string of the molecule is C=CCCCOC(=O)[C@H]1[C@H]2C(=O)N(CCCCCCO)C(C(=O)N(CC=C)c3ccc4ccccc4c3)C23CC[C@]1(C)S3. The molecular formula is C35H44N2O5S. The molecule has 3 aliphatic rings. The van der Waals surface area contributed by atoms with Gasteiger partial charge in [0.1, 0.15) is 6.04 Å². The van der Waals surface area contributed by atoms with Gasteiger partial charge in [0.25, 0.3) is 5.91 Å². The zero-order valence-electron chi connectivity index (χ0n) is 25.2. The number of rotatable bonds is 15. The van der Waals surface area contributed by atoms with Gasteiger partial charge in [0.2, 0.25) is 5.91 Å². The molecule has 2 amide bonds. The molecule has 0 aliphatic carbocycles. The molecule has 5 atom stereocenters. The molecule has 0 saturated carbocycles. The summed E-state index contributed by atoms with van der Waals surface area (Å²) in [5, 5.41) is 11.3. The first-order valence-electron chi connectivity index (χ1n) is 15.6. The first kappa shape index (κ1) is 31.3. The highest BCUT2D eigenvalue weighted by atomic mass is 32.2. The summed E-state index contributed by atoms with van der Waals surface area (Å²) in [6.07, 6.45) is 9.58. The van der Waals surface area contributed by atoms with E-state index in [0.29, 0.717) is 39.0 Å². The number of allylic oxidation sites excluding steroid dienone is 1. The van der Waals surface area contributed by atoms with Gasteiger partial charge >= 0.3 is 5.97 Å². The van der Waals surface area contributed by atoms with Gasteiger partial charge < -0.3 is 19.6 Å². The molecule has 8 heteroatoms. The van der Waals surface area contributed by atoms with Gasteiger partial charge in [0, 0.05) is 30.1 Å². The average molecular weight is 605 g/mol. The van der Waals surface area contributed by atoms with Crippen LogP contribution in [-0.2, 0) is 19.1 Å². The normalized spacial score (nSPS) is 27.3. The molecule has 2 aromatic rings. The number of aliphatic hydroxyl groups is 1. The van der Waals surface area contributed by atoms with Crippen LogP contribution in [0.25, 0.3) is 10.8 Å². The van der Waals surface area contributed by atoms with E-state index in [-0.39, 0.29) is 24.4 Å². The number of carbonyl (C=O) groups excluding carboxylic acids is 3. The van der Waals surface area contributed by atoms with Crippen molar-refractivity contribution in [1.29, 1.82) is 0 Å². The Hall–Kier alpha value is -3.10. The van der Waals surface area contributed by atoms with Crippen LogP contribution in [0.1, 0.15) is 58.3 Å². The van der Waals surface area contributed by atoms with Gasteiger partial charge in [-0.1, -0.05) is 55.3 Å². The van der Waals surface area contributed by atoms with Gasteiger partial charge in [-0.15, -0.1) is 24.9 Å². The number of aliphatic hydroxyl groups excluding tert-OH is 1. The third-order valence-corrected chi connectivity index (χ3v) is 11.5. The summed E-state index contributed by atoms with van der Waals surface area (Å²) in [5.74, 6) is -1.76. The van der Waals surface area contributed by atoms with Crippen LogP contribution in [0.3, 0.4) is 0 Å². The number of likely N-dealkylation sites (tertiary alicyclic amines) is 1. The third-order valence-electron chi connectivity index (χ3n) is 9.49. The molecule has 5 rings (SSSR count). The van der Waals surface area contributed by atoms with Gasteiger partial charge in [-0.25, -0.2) is 0 Å². The second kappa shape index (κ2) is 13.3. The van der Waals surface area contributed by atoms with E-state index in [4.69, 9.17) is 4.74 Å². The fourth-order valence-corrected chi connectivity index (χ4v) is 9.82. The number of ether oxygens (including phenoxy) is 1. The van der Waals surface area contributed by atoms with E-state index in [1.54, 1.807) is 33.7 Å². The van der Waals surface area contributed by atoms with Crippen LogP contribution in [0.4, 0.5) is 5.69 Å². The van der Waals surface area contributed by atoms with Crippen molar-refractivity contribution in [2.24, 2.45) is 11.8 Å². The Labute approximate surface area is 259 Å². The van der Waals surface area contributed by atoms with E-state index in [2.05, 4.69) is 20.1 Å². The predicted octanol–water partition coefficient (Wildman–Crippen LogP) is 5.90. The largest absolute Gasteiger partial charge is 0.465 e. The van der Waals surface area contributed by atoms with Gasteiger partial charge in [-0.3, -0.25) is 14.4 Å². The van der Waals surface area contributed by atoms with Crippen molar-refractivity contribution in [1.82, 2.24) is 4.90 Å². The molecule has 2 unspecified atom stereocenters. The summed E-state index contributed by atoms with van der Waals surface area (Å²) >= 11 is 1.67. The molecule has 3 aliphatic heterocycles. The monoisotopic (exact) mass is 604 g/mol. The molecule has 7 nitrogen and oxygen atoms in total. The molecule has 3 saturated heterocycles. The Morgan fingerprint density at radius 3 is 2.58 bits per heavy atom. The number of esters is 1. The first-order valence-corrected chi connectivity index (χ1v) is 16.4. The lowest BCUT2D eigenvalue weighted by atomic mass is 9.66. The van der Waals surface area contributed by atoms with E-state index in [0.717, 1.165) is 48.6 Å². The van der Waals surface area contributed by atoms with Crippen LogP contribution in [0, 0.1) is 11.8 Å². The second-order valence-corrected chi connectivity index (χ2v) is 14.2. The second-order valence-electron chi connectivity index (χ2n) is 12.3. The van der Waals surface area contributed by atoms with Crippen molar-refractivity contribution < 1.29 is 24.2 Å². The zero-order chi connectivity index (χ0) is 30.6. The third kappa shape index (κ3) is 5.76. The summed E-state index contributed by atoms with van der Waals surface area (Å²) in [4.78, 5) is 46.4. The summed E-state index contributed by atoms with van der Waals surface area (Å²) in [6.45, 7) is 10.9. The topological polar surface area (TPSA) is 87.1 Å². The fraction of sp³-hybridized carbons (Fsp3) is 0.514. The Kier molecular flexibility index (Phi) is 9.67. The van der Waals surface area contributed by atoms with Gasteiger partial charge in [-0.05, 0) is 68.4 Å². The minimum Gasteiger partial charge on any atom is -0.465 e. The average Bonchev–Trinajstić information content (AvgIpc) is 3.58. The maximum atomic E-state index is 14.8.